The van der Waals surface area contributed by atoms with Gasteiger partial charge in [-0.05, 0) is 36.6 Å². The van der Waals surface area contributed by atoms with Crippen molar-refractivity contribution in [2.75, 3.05) is 0 Å². The Hall–Kier alpha value is -3.30. The molecule has 0 aliphatic rings. The van der Waals surface area contributed by atoms with Crippen LogP contribution in [0, 0.1) is 18.3 Å². The molecule has 0 N–H and O–H groups in total. The normalized spacial score (nSPS) is 11.9. The summed E-state index contributed by atoms with van der Waals surface area (Å²) in [5.74, 6) is 1.32. The molecule has 0 bridgehead atoms. The van der Waals surface area contributed by atoms with Crippen molar-refractivity contribution in [1.82, 2.24) is 14.8 Å². The summed E-state index contributed by atoms with van der Waals surface area (Å²) in [6.07, 6.45) is 2.27. The number of hydrogen-bond donors (Lipinski definition) is 0. The Morgan fingerprint density at radius 2 is 1.79 bits per heavy atom. The van der Waals surface area contributed by atoms with Gasteiger partial charge >= 0.3 is 0 Å². The molecule has 0 saturated carbocycles. The summed E-state index contributed by atoms with van der Waals surface area (Å²) < 4.78 is 7.56. The zero-order chi connectivity index (χ0) is 20.1. The molecule has 0 saturated heterocycles. The summed E-state index contributed by atoms with van der Waals surface area (Å²) in [6, 6.07) is 24.5. The number of thioether (sulfide) groups is 1. The molecule has 0 fully saturated rings. The molecule has 2 aromatic heterocycles. The quantitative estimate of drug-likeness (QED) is 0.403. The summed E-state index contributed by atoms with van der Waals surface area (Å²) in [6.45, 7) is 2.66. The predicted octanol–water partition coefficient (Wildman–Crippen LogP) is 5.12. The average Bonchev–Trinajstić information content (AvgIpc) is 3.40. The number of furan rings is 1. The van der Waals surface area contributed by atoms with Gasteiger partial charge < -0.3 is 4.42 Å². The number of nitriles is 1. The molecular weight excluding hydrogens is 380 g/mol. The molecule has 0 unspecified atom stereocenters. The van der Waals surface area contributed by atoms with E-state index in [1.165, 1.54) is 17.3 Å². The Morgan fingerprint density at radius 1 is 1.00 bits per heavy atom. The van der Waals surface area contributed by atoms with Gasteiger partial charge in [0.2, 0.25) is 5.82 Å². The lowest BCUT2D eigenvalue weighted by molar-refractivity contribution is 0.569. The minimum Gasteiger partial charge on any atom is -0.461 e. The van der Waals surface area contributed by atoms with Gasteiger partial charge in [0.15, 0.2) is 10.9 Å². The lowest BCUT2D eigenvalue weighted by atomic mass is 10.1. The fraction of sp³-hybridized carbons (Fsp3) is 0.174. The monoisotopic (exact) mass is 400 g/mol. The second-order valence-corrected chi connectivity index (χ2v) is 7.95. The third kappa shape index (κ3) is 4.58. The fourth-order valence-corrected chi connectivity index (χ4v) is 4.00. The van der Waals surface area contributed by atoms with Crippen LogP contribution in [-0.4, -0.2) is 20.0 Å². The lowest BCUT2D eigenvalue weighted by Gasteiger charge is -2.12. The molecular formula is C23H20N4OS. The van der Waals surface area contributed by atoms with Crippen molar-refractivity contribution in [3.05, 3.63) is 89.7 Å². The van der Waals surface area contributed by atoms with Crippen LogP contribution in [0.25, 0.3) is 11.6 Å². The Balaban J connectivity index is 1.62. The fourth-order valence-electron chi connectivity index (χ4n) is 3.05. The summed E-state index contributed by atoms with van der Waals surface area (Å²) in [7, 11) is 0. The highest BCUT2D eigenvalue weighted by atomic mass is 32.2. The first-order valence-electron chi connectivity index (χ1n) is 9.36. The Morgan fingerprint density at radius 3 is 2.48 bits per heavy atom. The molecule has 5 nitrogen and oxygen atoms in total. The largest absolute Gasteiger partial charge is 0.461 e. The van der Waals surface area contributed by atoms with E-state index in [0.717, 1.165) is 11.1 Å². The molecule has 1 atom stereocenters. The molecule has 4 rings (SSSR count). The SMILES string of the molecule is Cc1ccc(C[C@H](C#N)Sc2nnc(-c3ccco3)n2Cc2ccccc2)cc1. The average molecular weight is 401 g/mol. The van der Waals surface area contributed by atoms with Gasteiger partial charge in [-0.1, -0.05) is 71.9 Å². The van der Waals surface area contributed by atoms with Gasteiger partial charge in [0, 0.05) is 0 Å². The number of benzene rings is 2. The smallest absolute Gasteiger partial charge is 0.200 e. The highest BCUT2D eigenvalue weighted by Gasteiger charge is 2.20. The molecule has 2 heterocycles. The van der Waals surface area contributed by atoms with E-state index >= 15 is 0 Å². The molecule has 0 aliphatic carbocycles. The van der Waals surface area contributed by atoms with E-state index in [4.69, 9.17) is 4.42 Å². The number of rotatable bonds is 7. The highest BCUT2D eigenvalue weighted by molar-refractivity contribution is 8.00. The van der Waals surface area contributed by atoms with Crippen LogP contribution in [0.1, 0.15) is 16.7 Å². The molecule has 4 aromatic rings. The predicted molar refractivity (Wildman–Crippen MR) is 113 cm³/mol. The van der Waals surface area contributed by atoms with Gasteiger partial charge in [0.25, 0.3) is 0 Å². The van der Waals surface area contributed by atoms with Crippen LogP contribution in [0.15, 0.2) is 82.6 Å². The van der Waals surface area contributed by atoms with Crippen molar-refractivity contribution >= 4 is 11.8 Å². The number of nitrogens with zero attached hydrogens (tertiary/aromatic N) is 4. The summed E-state index contributed by atoms with van der Waals surface area (Å²) >= 11 is 1.44. The molecule has 6 heteroatoms. The topological polar surface area (TPSA) is 67.6 Å². The van der Waals surface area contributed by atoms with Crippen LogP contribution in [0.2, 0.25) is 0 Å². The highest BCUT2D eigenvalue weighted by Crippen LogP contribution is 2.29. The molecule has 0 amide bonds. The number of hydrogen-bond acceptors (Lipinski definition) is 5. The third-order valence-corrected chi connectivity index (χ3v) is 5.64. The van der Waals surface area contributed by atoms with E-state index in [1.807, 2.05) is 34.9 Å². The van der Waals surface area contributed by atoms with Crippen LogP contribution >= 0.6 is 11.8 Å². The molecule has 0 aliphatic heterocycles. The van der Waals surface area contributed by atoms with Gasteiger partial charge in [0.1, 0.15) is 5.25 Å². The maximum absolute atomic E-state index is 9.73. The van der Waals surface area contributed by atoms with E-state index in [0.29, 0.717) is 29.7 Å². The van der Waals surface area contributed by atoms with E-state index in [1.54, 1.807) is 6.26 Å². The van der Waals surface area contributed by atoms with E-state index in [2.05, 4.69) is 59.6 Å². The van der Waals surface area contributed by atoms with Crippen molar-refractivity contribution in [2.45, 2.75) is 30.3 Å². The Labute approximate surface area is 174 Å². The van der Waals surface area contributed by atoms with E-state index < -0.39 is 0 Å². The zero-order valence-electron chi connectivity index (χ0n) is 16.0. The first-order valence-corrected chi connectivity index (χ1v) is 10.2. The second kappa shape index (κ2) is 8.80. The van der Waals surface area contributed by atoms with Crippen LogP contribution in [0.3, 0.4) is 0 Å². The standard InChI is InChI=1S/C23H20N4OS/c1-17-9-11-18(12-10-17)14-20(15-24)29-23-26-25-22(21-8-5-13-28-21)27(23)16-19-6-3-2-4-7-19/h2-13,20H,14,16H2,1H3/t20-/m1/s1. The summed E-state index contributed by atoms with van der Waals surface area (Å²) in [4.78, 5) is 0. The van der Waals surface area contributed by atoms with Gasteiger partial charge in [0.05, 0.1) is 18.9 Å². The maximum atomic E-state index is 9.73. The zero-order valence-corrected chi connectivity index (χ0v) is 16.8. The Kier molecular flexibility index (Phi) is 5.78. The first kappa shape index (κ1) is 19.0. The lowest BCUT2D eigenvalue weighted by Crippen LogP contribution is -2.09. The Bertz CT molecular complexity index is 1100. The number of aromatic nitrogens is 3. The second-order valence-electron chi connectivity index (χ2n) is 6.78. The minimum atomic E-state index is -0.263. The van der Waals surface area contributed by atoms with Crippen LogP contribution in [0.4, 0.5) is 0 Å². The summed E-state index contributed by atoms with van der Waals surface area (Å²) in [5.41, 5.74) is 3.48. The maximum Gasteiger partial charge on any atom is 0.200 e. The molecule has 2 aromatic carbocycles. The van der Waals surface area contributed by atoms with Gasteiger partial charge in [-0.2, -0.15) is 5.26 Å². The van der Waals surface area contributed by atoms with Crippen molar-refractivity contribution in [2.24, 2.45) is 0 Å². The van der Waals surface area contributed by atoms with Crippen molar-refractivity contribution in [3.8, 4) is 17.7 Å². The number of aryl methyl sites for hydroxylation is 1. The van der Waals surface area contributed by atoms with E-state index in [9.17, 15) is 5.26 Å². The summed E-state index contributed by atoms with van der Waals surface area (Å²) in [5, 5.41) is 18.9. The third-order valence-electron chi connectivity index (χ3n) is 4.58. The minimum absolute atomic E-state index is 0.263. The van der Waals surface area contributed by atoms with Crippen molar-refractivity contribution in [3.63, 3.8) is 0 Å². The van der Waals surface area contributed by atoms with Gasteiger partial charge in [-0.25, -0.2) is 0 Å². The molecule has 144 valence electrons. The molecule has 0 radical (unpaired) electrons. The van der Waals surface area contributed by atoms with Crippen LogP contribution in [-0.2, 0) is 13.0 Å². The van der Waals surface area contributed by atoms with Crippen LogP contribution < -0.4 is 0 Å². The van der Waals surface area contributed by atoms with Crippen molar-refractivity contribution < 1.29 is 4.42 Å². The molecule has 29 heavy (non-hydrogen) atoms. The first-order chi connectivity index (χ1) is 14.2. The van der Waals surface area contributed by atoms with Gasteiger partial charge in [-0.3, -0.25) is 4.57 Å². The van der Waals surface area contributed by atoms with Crippen LogP contribution in [0.5, 0.6) is 0 Å². The van der Waals surface area contributed by atoms with E-state index in [-0.39, 0.29) is 5.25 Å². The van der Waals surface area contributed by atoms with Crippen molar-refractivity contribution in [1.29, 1.82) is 5.26 Å². The van der Waals surface area contributed by atoms with Gasteiger partial charge in [-0.15, -0.1) is 10.2 Å². The molecule has 0 spiro atoms.